The van der Waals surface area contributed by atoms with E-state index in [0.717, 1.165) is 12.1 Å². The van der Waals surface area contributed by atoms with Gasteiger partial charge in [-0.1, -0.05) is 0 Å². The Kier molecular flexibility index (Phi) is 3.78. The number of hydrogen-bond acceptors (Lipinski definition) is 2. The van der Waals surface area contributed by atoms with Crippen molar-refractivity contribution in [3.63, 3.8) is 0 Å². The summed E-state index contributed by atoms with van der Waals surface area (Å²) in [5.74, 6) is -2.96. The van der Waals surface area contributed by atoms with Crippen molar-refractivity contribution in [3.05, 3.63) is 35.4 Å². The van der Waals surface area contributed by atoms with Crippen molar-refractivity contribution in [3.8, 4) is 0 Å². The van der Waals surface area contributed by atoms with Gasteiger partial charge in [-0.15, -0.1) is 0 Å². The summed E-state index contributed by atoms with van der Waals surface area (Å²) < 4.78 is 25.9. The van der Waals surface area contributed by atoms with Crippen molar-refractivity contribution in [1.29, 1.82) is 0 Å². The highest BCUT2D eigenvalue weighted by atomic mass is 19.2. The predicted octanol–water partition coefficient (Wildman–Crippen LogP) is 1.30. The number of amides is 2. The quantitative estimate of drug-likeness (QED) is 0.878. The number of piperidine rings is 1. The van der Waals surface area contributed by atoms with Crippen molar-refractivity contribution >= 4 is 11.8 Å². The van der Waals surface area contributed by atoms with Gasteiger partial charge in [0, 0.05) is 24.6 Å². The zero-order valence-electron chi connectivity index (χ0n) is 10.2. The maximum atomic E-state index is 13.1. The van der Waals surface area contributed by atoms with E-state index in [-0.39, 0.29) is 23.3 Å². The van der Waals surface area contributed by atoms with E-state index in [0.29, 0.717) is 25.9 Å². The molecule has 2 N–H and O–H groups in total. The van der Waals surface area contributed by atoms with E-state index in [1.807, 2.05) is 0 Å². The fourth-order valence-electron chi connectivity index (χ4n) is 2.18. The first-order chi connectivity index (χ1) is 8.99. The van der Waals surface area contributed by atoms with Crippen molar-refractivity contribution in [1.82, 2.24) is 4.90 Å². The standard InChI is InChI=1S/C13H14F2N2O2/c14-10-2-1-9(7-11(10)15)13(19)17-5-3-8(4-6-17)12(16)18/h1-2,7-8H,3-6H2,(H2,16,18). The molecule has 1 heterocycles. The first-order valence-corrected chi connectivity index (χ1v) is 6.02. The molecule has 2 rings (SSSR count). The highest BCUT2D eigenvalue weighted by Crippen LogP contribution is 2.19. The molecule has 0 radical (unpaired) electrons. The van der Waals surface area contributed by atoms with Crippen LogP contribution in [-0.4, -0.2) is 29.8 Å². The van der Waals surface area contributed by atoms with Gasteiger partial charge in [-0.3, -0.25) is 9.59 Å². The van der Waals surface area contributed by atoms with E-state index >= 15 is 0 Å². The lowest BCUT2D eigenvalue weighted by Gasteiger charge is -2.30. The van der Waals surface area contributed by atoms with Crippen LogP contribution in [0.15, 0.2) is 18.2 Å². The Morgan fingerprint density at radius 2 is 1.79 bits per heavy atom. The molecule has 1 aromatic carbocycles. The van der Waals surface area contributed by atoms with Gasteiger partial charge in [0.2, 0.25) is 5.91 Å². The Labute approximate surface area is 109 Å². The maximum absolute atomic E-state index is 13.1. The lowest BCUT2D eigenvalue weighted by atomic mass is 9.96. The number of benzene rings is 1. The molecule has 0 bridgehead atoms. The van der Waals surface area contributed by atoms with Gasteiger partial charge in [0.15, 0.2) is 11.6 Å². The predicted molar refractivity (Wildman–Crippen MR) is 64.2 cm³/mol. The van der Waals surface area contributed by atoms with E-state index in [2.05, 4.69) is 0 Å². The molecule has 1 aliphatic rings. The van der Waals surface area contributed by atoms with Crippen LogP contribution in [-0.2, 0) is 4.79 Å². The van der Waals surface area contributed by atoms with E-state index in [1.165, 1.54) is 11.0 Å². The normalized spacial score (nSPS) is 16.4. The van der Waals surface area contributed by atoms with Crippen LogP contribution in [0.25, 0.3) is 0 Å². The Bertz CT molecular complexity index is 511. The minimum atomic E-state index is -1.04. The van der Waals surface area contributed by atoms with Crippen LogP contribution in [0.2, 0.25) is 0 Å². The Morgan fingerprint density at radius 1 is 1.16 bits per heavy atom. The molecular weight excluding hydrogens is 254 g/mol. The zero-order chi connectivity index (χ0) is 14.0. The van der Waals surface area contributed by atoms with Crippen molar-refractivity contribution in [2.75, 3.05) is 13.1 Å². The summed E-state index contributed by atoms with van der Waals surface area (Å²) in [7, 11) is 0. The molecule has 2 amide bonds. The van der Waals surface area contributed by atoms with Crippen LogP contribution >= 0.6 is 0 Å². The second-order valence-corrected chi connectivity index (χ2v) is 4.60. The molecule has 0 atom stereocenters. The molecule has 4 nitrogen and oxygen atoms in total. The van der Waals surface area contributed by atoms with Crippen molar-refractivity contribution in [2.24, 2.45) is 11.7 Å². The fraction of sp³-hybridized carbons (Fsp3) is 0.385. The Hall–Kier alpha value is -1.98. The highest BCUT2D eigenvalue weighted by Gasteiger charge is 2.26. The summed E-state index contributed by atoms with van der Waals surface area (Å²) in [4.78, 5) is 24.6. The van der Waals surface area contributed by atoms with Gasteiger partial charge in [0.25, 0.3) is 5.91 Å². The molecule has 0 aliphatic carbocycles. The number of nitrogens with zero attached hydrogens (tertiary/aromatic N) is 1. The Morgan fingerprint density at radius 3 is 2.32 bits per heavy atom. The smallest absolute Gasteiger partial charge is 0.253 e. The van der Waals surface area contributed by atoms with Crippen LogP contribution in [0.1, 0.15) is 23.2 Å². The van der Waals surface area contributed by atoms with E-state index < -0.39 is 11.6 Å². The molecule has 0 saturated carbocycles. The van der Waals surface area contributed by atoms with Crippen molar-refractivity contribution in [2.45, 2.75) is 12.8 Å². The first kappa shape index (κ1) is 13.5. The minimum Gasteiger partial charge on any atom is -0.369 e. The number of carbonyl (C=O) groups is 2. The number of carbonyl (C=O) groups excluding carboxylic acids is 2. The summed E-state index contributed by atoms with van der Waals surface area (Å²) in [6, 6.07) is 3.07. The van der Waals surface area contributed by atoms with Gasteiger partial charge in [0.1, 0.15) is 0 Å². The summed E-state index contributed by atoms with van der Waals surface area (Å²) >= 11 is 0. The molecule has 1 saturated heterocycles. The maximum Gasteiger partial charge on any atom is 0.253 e. The van der Waals surface area contributed by atoms with Crippen LogP contribution in [0, 0.1) is 17.6 Å². The van der Waals surface area contributed by atoms with Crippen LogP contribution < -0.4 is 5.73 Å². The van der Waals surface area contributed by atoms with Gasteiger partial charge in [-0.25, -0.2) is 8.78 Å². The van der Waals surface area contributed by atoms with Crippen LogP contribution in [0.3, 0.4) is 0 Å². The lowest BCUT2D eigenvalue weighted by molar-refractivity contribution is -0.123. The topological polar surface area (TPSA) is 63.4 Å². The lowest BCUT2D eigenvalue weighted by Crippen LogP contribution is -2.41. The fourth-order valence-corrected chi connectivity index (χ4v) is 2.18. The number of hydrogen-bond donors (Lipinski definition) is 1. The van der Waals surface area contributed by atoms with Gasteiger partial charge < -0.3 is 10.6 Å². The molecule has 1 fully saturated rings. The molecule has 0 spiro atoms. The third-order valence-corrected chi connectivity index (χ3v) is 3.35. The second kappa shape index (κ2) is 5.34. The summed E-state index contributed by atoms with van der Waals surface area (Å²) in [5, 5.41) is 0. The second-order valence-electron chi connectivity index (χ2n) is 4.60. The number of primary amides is 1. The number of likely N-dealkylation sites (tertiary alicyclic amines) is 1. The van der Waals surface area contributed by atoms with Crippen LogP contribution in [0.5, 0.6) is 0 Å². The molecule has 102 valence electrons. The molecule has 19 heavy (non-hydrogen) atoms. The monoisotopic (exact) mass is 268 g/mol. The summed E-state index contributed by atoms with van der Waals surface area (Å²) in [5.41, 5.74) is 5.31. The molecule has 1 aliphatic heterocycles. The van der Waals surface area contributed by atoms with Gasteiger partial charge in [0.05, 0.1) is 0 Å². The third-order valence-electron chi connectivity index (χ3n) is 3.35. The Balaban J connectivity index is 2.05. The van der Waals surface area contributed by atoms with Crippen molar-refractivity contribution < 1.29 is 18.4 Å². The summed E-state index contributed by atoms with van der Waals surface area (Å²) in [6.45, 7) is 0.789. The van der Waals surface area contributed by atoms with E-state index in [1.54, 1.807) is 0 Å². The average Bonchev–Trinajstić information content (AvgIpc) is 2.41. The molecule has 0 aromatic heterocycles. The van der Waals surface area contributed by atoms with Gasteiger partial charge >= 0.3 is 0 Å². The van der Waals surface area contributed by atoms with Gasteiger partial charge in [-0.2, -0.15) is 0 Å². The van der Waals surface area contributed by atoms with E-state index in [9.17, 15) is 18.4 Å². The summed E-state index contributed by atoms with van der Waals surface area (Å²) in [6.07, 6.45) is 1.01. The number of halogens is 2. The number of rotatable bonds is 2. The highest BCUT2D eigenvalue weighted by molar-refractivity contribution is 5.94. The van der Waals surface area contributed by atoms with Gasteiger partial charge in [-0.05, 0) is 31.0 Å². The largest absolute Gasteiger partial charge is 0.369 e. The van der Waals surface area contributed by atoms with Crippen LogP contribution in [0.4, 0.5) is 8.78 Å². The SMILES string of the molecule is NC(=O)C1CCN(C(=O)c2ccc(F)c(F)c2)CC1. The number of nitrogens with two attached hydrogens (primary N) is 1. The minimum absolute atomic E-state index is 0.108. The first-order valence-electron chi connectivity index (χ1n) is 6.02. The molecule has 1 aromatic rings. The molecular formula is C13H14F2N2O2. The molecule has 6 heteroatoms. The molecule has 0 unspecified atom stereocenters. The zero-order valence-corrected chi connectivity index (χ0v) is 10.2. The third kappa shape index (κ3) is 2.89. The average molecular weight is 268 g/mol. The van der Waals surface area contributed by atoms with E-state index in [4.69, 9.17) is 5.73 Å².